The third kappa shape index (κ3) is 6.31. The molecule has 1 saturated heterocycles. The summed E-state index contributed by atoms with van der Waals surface area (Å²) in [6.07, 6.45) is 2.07. The van der Waals surface area contributed by atoms with Crippen molar-refractivity contribution < 1.29 is 14.4 Å². The van der Waals surface area contributed by atoms with E-state index < -0.39 is 0 Å². The number of hydrogen-bond acceptors (Lipinski definition) is 4. The van der Waals surface area contributed by atoms with Crippen molar-refractivity contribution in [1.29, 1.82) is 0 Å². The van der Waals surface area contributed by atoms with Gasteiger partial charge in [0.2, 0.25) is 5.91 Å². The zero-order chi connectivity index (χ0) is 22.2. The summed E-state index contributed by atoms with van der Waals surface area (Å²) in [7, 11) is 0. The fourth-order valence-corrected chi connectivity index (χ4v) is 3.51. The number of rotatable bonds is 7. The van der Waals surface area contributed by atoms with Gasteiger partial charge in [-0.3, -0.25) is 14.4 Å². The van der Waals surface area contributed by atoms with E-state index in [0.29, 0.717) is 29.3 Å². The molecule has 0 unspecified atom stereocenters. The maximum absolute atomic E-state index is 12.7. The smallest absolute Gasteiger partial charge is 0.253 e. The number of carbonyl (C=O) groups is 3. The molecule has 1 aliphatic heterocycles. The molecule has 0 atom stereocenters. The van der Waals surface area contributed by atoms with Crippen molar-refractivity contribution in [2.75, 3.05) is 36.8 Å². The van der Waals surface area contributed by atoms with E-state index in [1.807, 2.05) is 30.0 Å². The molecule has 31 heavy (non-hydrogen) atoms. The lowest BCUT2D eigenvalue weighted by Crippen LogP contribution is -2.37. The number of benzene rings is 2. The lowest BCUT2D eigenvalue weighted by molar-refractivity contribution is -0.114. The van der Waals surface area contributed by atoms with Gasteiger partial charge in [0.05, 0.1) is 6.54 Å². The van der Waals surface area contributed by atoms with E-state index in [1.54, 1.807) is 30.3 Å². The fraction of sp³-hybridized carbons (Fsp3) is 0.375. The molecule has 2 aromatic rings. The number of likely N-dealkylation sites (tertiary alicyclic amines) is 1. The molecule has 0 saturated carbocycles. The predicted octanol–water partition coefficient (Wildman–Crippen LogP) is 3.36. The Balaban J connectivity index is 1.51. The molecule has 3 rings (SSSR count). The molecule has 7 heteroatoms. The summed E-state index contributed by atoms with van der Waals surface area (Å²) in [5, 5.41) is 8.60. The van der Waals surface area contributed by atoms with Gasteiger partial charge in [0, 0.05) is 42.1 Å². The number of nitrogens with one attached hydrogen (secondary N) is 3. The van der Waals surface area contributed by atoms with Crippen LogP contribution in [0, 0.1) is 5.92 Å². The Kier molecular flexibility index (Phi) is 7.65. The standard InChI is InChI=1S/C24H30N4O3/c1-3-25-23(30)18-7-9-20(10-8-18)27-22(29)16-26-21-6-4-5-19(15-21)24(31)28-13-11-17(2)12-14-28/h4-10,15,17,26H,3,11-14,16H2,1-2H3,(H,25,30)(H,27,29). The summed E-state index contributed by atoms with van der Waals surface area (Å²) in [6, 6.07) is 14.0. The summed E-state index contributed by atoms with van der Waals surface area (Å²) >= 11 is 0. The van der Waals surface area contributed by atoms with E-state index in [2.05, 4.69) is 22.9 Å². The highest BCUT2D eigenvalue weighted by molar-refractivity contribution is 5.97. The highest BCUT2D eigenvalue weighted by Gasteiger charge is 2.21. The van der Waals surface area contributed by atoms with Gasteiger partial charge in [0.1, 0.15) is 0 Å². The number of amides is 3. The van der Waals surface area contributed by atoms with Crippen molar-refractivity contribution in [2.24, 2.45) is 5.92 Å². The lowest BCUT2D eigenvalue weighted by atomic mass is 9.98. The molecule has 164 valence electrons. The summed E-state index contributed by atoms with van der Waals surface area (Å²) in [6.45, 7) is 6.29. The van der Waals surface area contributed by atoms with Crippen molar-refractivity contribution in [1.82, 2.24) is 10.2 Å². The third-order valence-corrected chi connectivity index (χ3v) is 5.40. The van der Waals surface area contributed by atoms with Crippen LogP contribution in [0.2, 0.25) is 0 Å². The zero-order valence-electron chi connectivity index (χ0n) is 18.1. The van der Waals surface area contributed by atoms with Crippen molar-refractivity contribution in [3.8, 4) is 0 Å². The van der Waals surface area contributed by atoms with Gasteiger partial charge >= 0.3 is 0 Å². The van der Waals surface area contributed by atoms with E-state index in [0.717, 1.165) is 31.6 Å². The van der Waals surface area contributed by atoms with Crippen LogP contribution in [0.1, 0.15) is 47.4 Å². The molecular formula is C24H30N4O3. The van der Waals surface area contributed by atoms with Gasteiger partial charge in [0.25, 0.3) is 11.8 Å². The normalized spacial score (nSPS) is 14.1. The van der Waals surface area contributed by atoms with E-state index in [-0.39, 0.29) is 24.3 Å². The molecule has 0 bridgehead atoms. The van der Waals surface area contributed by atoms with Crippen molar-refractivity contribution >= 4 is 29.1 Å². The minimum absolute atomic E-state index is 0.0344. The van der Waals surface area contributed by atoms with Crippen LogP contribution >= 0.6 is 0 Å². The number of anilines is 2. The summed E-state index contributed by atoms with van der Waals surface area (Å²) < 4.78 is 0. The van der Waals surface area contributed by atoms with Crippen molar-refractivity contribution in [2.45, 2.75) is 26.7 Å². The molecule has 1 fully saturated rings. The summed E-state index contributed by atoms with van der Waals surface area (Å²) in [4.78, 5) is 38.7. The molecule has 3 N–H and O–H groups in total. The Morgan fingerprint density at radius 1 is 0.968 bits per heavy atom. The minimum atomic E-state index is -0.215. The summed E-state index contributed by atoms with van der Waals surface area (Å²) in [5.74, 6) is 0.343. The molecule has 0 radical (unpaired) electrons. The van der Waals surface area contributed by atoms with E-state index in [1.165, 1.54) is 0 Å². The van der Waals surface area contributed by atoms with Crippen molar-refractivity contribution in [3.63, 3.8) is 0 Å². The highest BCUT2D eigenvalue weighted by atomic mass is 16.2. The molecule has 2 aromatic carbocycles. The third-order valence-electron chi connectivity index (χ3n) is 5.40. The average molecular weight is 423 g/mol. The maximum atomic E-state index is 12.7. The zero-order valence-corrected chi connectivity index (χ0v) is 18.1. The van der Waals surface area contributed by atoms with Crippen LogP contribution in [-0.2, 0) is 4.79 Å². The molecular weight excluding hydrogens is 392 g/mol. The fourth-order valence-electron chi connectivity index (χ4n) is 3.51. The van der Waals surface area contributed by atoms with Gasteiger partial charge in [-0.05, 0) is 68.1 Å². The van der Waals surface area contributed by atoms with Crippen LogP contribution in [0.3, 0.4) is 0 Å². The van der Waals surface area contributed by atoms with Crippen LogP contribution < -0.4 is 16.0 Å². The highest BCUT2D eigenvalue weighted by Crippen LogP contribution is 2.19. The first kappa shape index (κ1) is 22.3. The Morgan fingerprint density at radius 3 is 2.35 bits per heavy atom. The largest absolute Gasteiger partial charge is 0.376 e. The van der Waals surface area contributed by atoms with Crippen LogP contribution in [0.5, 0.6) is 0 Å². The van der Waals surface area contributed by atoms with Crippen LogP contribution in [0.25, 0.3) is 0 Å². The number of hydrogen-bond donors (Lipinski definition) is 3. The molecule has 1 heterocycles. The first-order valence-electron chi connectivity index (χ1n) is 10.8. The number of nitrogens with zero attached hydrogens (tertiary/aromatic N) is 1. The van der Waals surface area contributed by atoms with Gasteiger partial charge in [-0.1, -0.05) is 13.0 Å². The summed E-state index contributed by atoms with van der Waals surface area (Å²) in [5.41, 5.74) is 2.50. The van der Waals surface area contributed by atoms with Gasteiger partial charge in [-0.25, -0.2) is 0 Å². The second-order valence-electron chi connectivity index (χ2n) is 7.89. The van der Waals surface area contributed by atoms with E-state index in [4.69, 9.17) is 0 Å². The second kappa shape index (κ2) is 10.6. The van der Waals surface area contributed by atoms with Gasteiger partial charge < -0.3 is 20.9 Å². The molecule has 0 aliphatic carbocycles. The Labute approximate surface area is 183 Å². The van der Waals surface area contributed by atoms with Gasteiger partial charge in [-0.2, -0.15) is 0 Å². The first-order valence-corrected chi connectivity index (χ1v) is 10.8. The second-order valence-corrected chi connectivity index (χ2v) is 7.89. The van der Waals surface area contributed by atoms with Crippen LogP contribution in [-0.4, -0.2) is 48.8 Å². The maximum Gasteiger partial charge on any atom is 0.253 e. The monoisotopic (exact) mass is 422 g/mol. The predicted molar refractivity (Wildman–Crippen MR) is 122 cm³/mol. The quantitative estimate of drug-likeness (QED) is 0.638. The Hall–Kier alpha value is -3.35. The van der Waals surface area contributed by atoms with Crippen molar-refractivity contribution in [3.05, 3.63) is 59.7 Å². The topological polar surface area (TPSA) is 90.5 Å². The Morgan fingerprint density at radius 2 is 1.68 bits per heavy atom. The molecule has 1 aliphatic rings. The molecule has 0 spiro atoms. The Bertz CT molecular complexity index is 919. The molecule has 0 aromatic heterocycles. The number of carbonyl (C=O) groups excluding carboxylic acids is 3. The minimum Gasteiger partial charge on any atom is -0.376 e. The number of piperidine rings is 1. The van der Waals surface area contributed by atoms with Crippen LogP contribution in [0.4, 0.5) is 11.4 Å². The SMILES string of the molecule is CCNC(=O)c1ccc(NC(=O)CNc2cccc(C(=O)N3CCC(C)CC3)c2)cc1. The molecule has 3 amide bonds. The van der Waals surface area contributed by atoms with E-state index in [9.17, 15) is 14.4 Å². The molecule has 7 nitrogen and oxygen atoms in total. The lowest BCUT2D eigenvalue weighted by Gasteiger charge is -2.30. The first-order chi connectivity index (χ1) is 15.0. The van der Waals surface area contributed by atoms with Gasteiger partial charge in [-0.15, -0.1) is 0 Å². The van der Waals surface area contributed by atoms with E-state index >= 15 is 0 Å². The average Bonchev–Trinajstić information content (AvgIpc) is 2.78. The van der Waals surface area contributed by atoms with Crippen LogP contribution in [0.15, 0.2) is 48.5 Å². The van der Waals surface area contributed by atoms with Gasteiger partial charge in [0.15, 0.2) is 0 Å².